The van der Waals surface area contributed by atoms with Gasteiger partial charge in [0.15, 0.2) is 0 Å². The highest BCUT2D eigenvalue weighted by Gasteiger charge is 2.23. The van der Waals surface area contributed by atoms with Crippen molar-refractivity contribution in [1.29, 1.82) is 0 Å². The molecule has 0 radical (unpaired) electrons. The number of aliphatic hydroxyl groups is 1. The molecule has 1 aromatic rings. The lowest BCUT2D eigenvalue weighted by atomic mass is 10.0. The Labute approximate surface area is 114 Å². The predicted octanol–water partition coefficient (Wildman–Crippen LogP) is 1.02. The lowest BCUT2D eigenvalue weighted by Crippen LogP contribution is -2.35. The van der Waals surface area contributed by atoms with Gasteiger partial charge < -0.3 is 10.4 Å². The number of carbonyl (C=O) groups excluding carboxylic acids is 1. The molecule has 1 saturated carbocycles. The second kappa shape index (κ2) is 6.70. The van der Waals surface area contributed by atoms with Gasteiger partial charge in [-0.1, -0.05) is 12.8 Å². The maximum absolute atomic E-state index is 11.7. The van der Waals surface area contributed by atoms with E-state index in [0.29, 0.717) is 25.3 Å². The topological polar surface area (TPSA) is 67.2 Å². The van der Waals surface area contributed by atoms with Crippen molar-refractivity contribution in [2.24, 2.45) is 13.0 Å². The minimum atomic E-state index is -0.384. The highest BCUT2D eigenvalue weighted by Crippen LogP contribution is 2.27. The van der Waals surface area contributed by atoms with Crippen molar-refractivity contribution < 1.29 is 9.90 Å². The average Bonchev–Trinajstić information content (AvgIpc) is 3.04. The first-order valence-electron chi connectivity index (χ1n) is 7.07. The number of carbonyl (C=O) groups is 1. The van der Waals surface area contributed by atoms with Gasteiger partial charge in [0.25, 0.3) is 0 Å². The number of nitrogens with zero attached hydrogens (tertiary/aromatic N) is 2. The van der Waals surface area contributed by atoms with Gasteiger partial charge in [-0.2, -0.15) is 5.10 Å². The third kappa shape index (κ3) is 4.35. The maximum atomic E-state index is 11.7. The predicted molar refractivity (Wildman–Crippen MR) is 72.5 cm³/mol. The molecule has 0 aromatic carbocycles. The fourth-order valence-corrected chi connectivity index (χ4v) is 2.67. The van der Waals surface area contributed by atoms with E-state index in [2.05, 4.69) is 10.4 Å². The number of hydrogen-bond acceptors (Lipinski definition) is 3. The van der Waals surface area contributed by atoms with Crippen molar-refractivity contribution in [3.05, 3.63) is 18.0 Å². The van der Waals surface area contributed by atoms with E-state index in [9.17, 15) is 9.90 Å². The Kier molecular flexibility index (Phi) is 4.96. The quantitative estimate of drug-likeness (QED) is 0.807. The summed E-state index contributed by atoms with van der Waals surface area (Å²) in [6.45, 7) is 0.385. The zero-order valence-electron chi connectivity index (χ0n) is 11.5. The first-order valence-corrected chi connectivity index (χ1v) is 7.07. The van der Waals surface area contributed by atoms with Crippen molar-refractivity contribution >= 4 is 5.91 Å². The Morgan fingerprint density at radius 1 is 1.58 bits per heavy atom. The summed E-state index contributed by atoms with van der Waals surface area (Å²) in [6.07, 6.45) is 9.04. The highest BCUT2D eigenvalue weighted by molar-refractivity contribution is 5.76. The molecule has 1 aromatic heterocycles. The summed E-state index contributed by atoms with van der Waals surface area (Å²) < 4.78 is 1.73. The second-order valence-electron chi connectivity index (χ2n) is 5.44. The molecule has 1 unspecified atom stereocenters. The van der Waals surface area contributed by atoms with Crippen LogP contribution in [0.25, 0.3) is 0 Å². The van der Waals surface area contributed by atoms with E-state index in [0.717, 1.165) is 18.4 Å². The molecule has 2 N–H and O–H groups in total. The Bertz CT molecular complexity index is 411. The van der Waals surface area contributed by atoms with Crippen LogP contribution in [0.1, 0.15) is 37.7 Å². The van der Waals surface area contributed by atoms with Crippen LogP contribution in [0.5, 0.6) is 0 Å². The summed E-state index contributed by atoms with van der Waals surface area (Å²) in [5.74, 6) is 0.375. The van der Waals surface area contributed by atoms with Crippen LogP contribution in [-0.2, 0) is 18.3 Å². The fourth-order valence-electron chi connectivity index (χ4n) is 2.67. The molecule has 0 bridgehead atoms. The summed E-state index contributed by atoms with van der Waals surface area (Å²) in [5, 5.41) is 16.8. The van der Waals surface area contributed by atoms with E-state index >= 15 is 0 Å². The summed E-state index contributed by atoms with van der Waals surface area (Å²) in [7, 11) is 1.86. The smallest absolute Gasteiger partial charge is 0.220 e. The Hall–Kier alpha value is -1.36. The number of aryl methyl sites for hydroxylation is 2. The second-order valence-corrected chi connectivity index (χ2v) is 5.44. The Morgan fingerprint density at radius 2 is 2.32 bits per heavy atom. The van der Waals surface area contributed by atoms with Gasteiger partial charge in [0.1, 0.15) is 0 Å². The Morgan fingerprint density at radius 3 is 2.95 bits per heavy atom. The van der Waals surface area contributed by atoms with Gasteiger partial charge in [0, 0.05) is 26.2 Å². The Balaban J connectivity index is 1.64. The third-order valence-corrected chi connectivity index (χ3v) is 3.85. The average molecular weight is 265 g/mol. The number of aliphatic hydroxyl groups excluding tert-OH is 1. The molecule has 1 amide bonds. The SMILES string of the molecule is Cn1cc(CCC(=O)NCC(O)C2CCCC2)cn1. The van der Waals surface area contributed by atoms with Crippen LogP contribution in [-0.4, -0.2) is 33.4 Å². The lowest BCUT2D eigenvalue weighted by Gasteiger charge is -2.17. The van der Waals surface area contributed by atoms with Crippen LogP contribution in [0.3, 0.4) is 0 Å². The molecule has 19 heavy (non-hydrogen) atoms. The van der Waals surface area contributed by atoms with Crippen LogP contribution >= 0.6 is 0 Å². The van der Waals surface area contributed by atoms with Gasteiger partial charge in [-0.15, -0.1) is 0 Å². The number of rotatable bonds is 6. The summed E-state index contributed by atoms with van der Waals surface area (Å²) in [5.41, 5.74) is 1.06. The maximum Gasteiger partial charge on any atom is 0.220 e. The molecule has 2 rings (SSSR count). The van der Waals surface area contributed by atoms with E-state index in [1.807, 2.05) is 13.2 Å². The van der Waals surface area contributed by atoms with Crippen molar-refractivity contribution in [3.8, 4) is 0 Å². The van der Waals surface area contributed by atoms with Crippen molar-refractivity contribution in [2.45, 2.75) is 44.6 Å². The molecule has 1 atom stereocenters. The van der Waals surface area contributed by atoms with Gasteiger partial charge >= 0.3 is 0 Å². The largest absolute Gasteiger partial charge is 0.391 e. The first-order chi connectivity index (χ1) is 9.15. The van der Waals surface area contributed by atoms with Crippen LogP contribution in [0, 0.1) is 5.92 Å². The minimum Gasteiger partial charge on any atom is -0.391 e. The summed E-state index contributed by atoms with van der Waals surface area (Å²) >= 11 is 0. The summed E-state index contributed by atoms with van der Waals surface area (Å²) in [4.78, 5) is 11.7. The van der Waals surface area contributed by atoms with Gasteiger partial charge in [-0.3, -0.25) is 9.48 Å². The molecule has 1 fully saturated rings. The van der Waals surface area contributed by atoms with E-state index in [-0.39, 0.29) is 12.0 Å². The first kappa shape index (κ1) is 14.1. The monoisotopic (exact) mass is 265 g/mol. The molecule has 1 aliphatic carbocycles. The van der Waals surface area contributed by atoms with Crippen molar-refractivity contribution in [3.63, 3.8) is 0 Å². The van der Waals surface area contributed by atoms with Crippen molar-refractivity contribution in [2.75, 3.05) is 6.54 Å². The van der Waals surface area contributed by atoms with Crippen LogP contribution in [0.4, 0.5) is 0 Å². The minimum absolute atomic E-state index is 0.000833. The van der Waals surface area contributed by atoms with E-state index in [4.69, 9.17) is 0 Å². The molecule has 106 valence electrons. The third-order valence-electron chi connectivity index (χ3n) is 3.85. The van der Waals surface area contributed by atoms with Crippen LogP contribution < -0.4 is 5.32 Å². The van der Waals surface area contributed by atoms with Gasteiger partial charge in [-0.25, -0.2) is 0 Å². The van der Waals surface area contributed by atoms with E-state index in [1.165, 1.54) is 12.8 Å². The van der Waals surface area contributed by atoms with E-state index in [1.54, 1.807) is 10.9 Å². The van der Waals surface area contributed by atoms with Crippen LogP contribution in [0.2, 0.25) is 0 Å². The van der Waals surface area contributed by atoms with Gasteiger partial charge in [0.2, 0.25) is 5.91 Å². The van der Waals surface area contributed by atoms with E-state index < -0.39 is 0 Å². The van der Waals surface area contributed by atoms with Crippen molar-refractivity contribution in [1.82, 2.24) is 15.1 Å². The molecular weight excluding hydrogens is 242 g/mol. The summed E-state index contributed by atoms with van der Waals surface area (Å²) in [6, 6.07) is 0. The molecule has 5 heteroatoms. The molecule has 1 aliphatic rings. The zero-order valence-corrected chi connectivity index (χ0v) is 11.5. The molecule has 5 nitrogen and oxygen atoms in total. The zero-order chi connectivity index (χ0) is 13.7. The number of amides is 1. The lowest BCUT2D eigenvalue weighted by molar-refractivity contribution is -0.121. The van der Waals surface area contributed by atoms with Gasteiger partial charge in [0.05, 0.1) is 12.3 Å². The molecule has 0 spiro atoms. The highest BCUT2D eigenvalue weighted by atomic mass is 16.3. The number of aromatic nitrogens is 2. The normalized spacial score (nSPS) is 17.6. The van der Waals surface area contributed by atoms with Crippen LogP contribution in [0.15, 0.2) is 12.4 Å². The molecule has 0 aliphatic heterocycles. The number of hydrogen-bond donors (Lipinski definition) is 2. The number of nitrogens with one attached hydrogen (secondary N) is 1. The molecule has 0 saturated heterocycles. The standard InChI is InChI=1S/C14H23N3O2/c1-17-10-11(8-16-17)6-7-14(19)15-9-13(18)12-4-2-3-5-12/h8,10,12-13,18H,2-7,9H2,1H3,(H,15,19). The fraction of sp³-hybridized carbons (Fsp3) is 0.714. The van der Waals surface area contributed by atoms with Gasteiger partial charge in [-0.05, 0) is 30.7 Å². The molecule has 1 heterocycles. The molecular formula is C14H23N3O2.